The van der Waals surface area contributed by atoms with Crippen LogP contribution in [0.2, 0.25) is 0 Å². The molecule has 0 aliphatic heterocycles. The van der Waals surface area contributed by atoms with E-state index in [1.165, 1.54) is 5.56 Å². The zero-order chi connectivity index (χ0) is 17.6. The van der Waals surface area contributed by atoms with Crippen molar-refractivity contribution in [2.24, 2.45) is 0 Å². The van der Waals surface area contributed by atoms with E-state index in [0.717, 1.165) is 42.4 Å². The fourth-order valence-electron chi connectivity index (χ4n) is 3.22. The van der Waals surface area contributed by atoms with Gasteiger partial charge in [0.25, 0.3) is 10.0 Å². The van der Waals surface area contributed by atoms with Crippen molar-refractivity contribution in [3.05, 3.63) is 56.7 Å². The quantitative estimate of drug-likeness (QED) is 0.523. The van der Waals surface area contributed by atoms with Crippen LogP contribution in [0.15, 0.2) is 54.7 Å². The zero-order valence-corrected chi connectivity index (χ0v) is 17.2. The Bertz CT molecular complexity index is 1070. The van der Waals surface area contributed by atoms with E-state index in [1.807, 2.05) is 12.1 Å². The number of rotatable bonds is 3. The zero-order valence-electron chi connectivity index (χ0n) is 13.2. The van der Waals surface area contributed by atoms with E-state index >= 15 is 0 Å². The summed E-state index contributed by atoms with van der Waals surface area (Å²) in [6.45, 7) is 0. The Morgan fingerprint density at radius 1 is 1.00 bits per heavy atom. The number of hydrogen-bond acceptors (Lipinski definition) is 3. The van der Waals surface area contributed by atoms with Crippen LogP contribution in [0.5, 0.6) is 0 Å². The highest BCUT2D eigenvalue weighted by atomic mass is 79.9. The lowest BCUT2D eigenvalue weighted by atomic mass is 9.96. The van der Waals surface area contributed by atoms with Crippen LogP contribution in [-0.2, 0) is 22.9 Å². The minimum absolute atomic E-state index is 0.191. The smallest absolute Gasteiger partial charge is 0.263 e. The van der Waals surface area contributed by atoms with Gasteiger partial charge in [-0.1, -0.05) is 15.9 Å². The van der Waals surface area contributed by atoms with Crippen molar-refractivity contribution in [2.75, 3.05) is 4.72 Å². The number of anilines is 1. The number of benzene rings is 2. The molecule has 0 atom stereocenters. The SMILES string of the molecule is O=S(=O)(Nc1ccc2oc3c(c2c1)CCCC3)c1cc(Br)ccc1Br. The van der Waals surface area contributed by atoms with Gasteiger partial charge in [0.2, 0.25) is 0 Å². The summed E-state index contributed by atoms with van der Waals surface area (Å²) in [5, 5.41) is 1.00. The van der Waals surface area contributed by atoms with Crippen molar-refractivity contribution in [1.82, 2.24) is 0 Å². The first-order chi connectivity index (χ1) is 11.9. The lowest BCUT2D eigenvalue weighted by Crippen LogP contribution is -2.13. The molecule has 2 aromatic carbocycles. The van der Waals surface area contributed by atoms with Crippen molar-refractivity contribution in [3.63, 3.8) is 0 Å². The molecule has 1 aliphatic carbocycles. The van der Waals surface area contributed by atoms with Crippen LogP contribution in [0.4, 0.5) is 5.69 Å². The molecular formula is C18H15Br2NO3S. The Morgan fingerprint density at radius 2 is 1.80 bits per heavy atom. The van der Waals surface area contributed by atoms with Crippen molar-refractivity contribution < 1.29 is 12.8 Å². The number of sulfonamides is 1. The van der Waals surface area contributed by atoms with Crippen molar-refractivity contribution in [3.8, 4) is 0 Å². The van der Waals surface area contributed by atoms with Gasteiger partial charge < -0.3 is 4.42 Å². The fraction of sp³-hybridized carbons (Fsp3) is 0.222. The molecule has 1 aliphatic rings. The van der Waals surface area contributed by atoms with Crippen LogP contribution < -0.4 is 4.72 Å². The first-order valence-electron chi connectivity index (χ1n) is 7.96. The van der Waals surface area contributed by atoms with Gasteiger partial charge in [0.1, 0.15) is 16.2 Å². The van der Waals surface area contributed by atoms with Gasteiger partial charge in [0, 0.05) is 32.0 Å². The van der Waals surface area contributed by atoms with E-state index in [9.17, 15) is 8.42 Å². The van der Waals surface area contributed by atoms with Gasteiger partial charge in [-0.25, -0.2) is 8.42 Å². The van der Waals surface area contributed by atoms with Gasteiger partial charge in [0.15, 0.2) is 0 Å². The molecule has 0 amide bonds. The Balaban J connectivity index is 1.74. The lowest BCUT2D eigenvalue weighted by molar-refractivity contribution is 0.506. The monoisotopic (exact) mass is 483 g/mol. The molecule has 0 fully saturated rings. The average Bonchev–Trinajstić information content (AvgIpc) is 2.95. The molecule has 3 aromatic rings. The minimum Gasteiger partial charge on any atom is -0.461 e. The largest absolute Gasteiger partial charge is 0.461 e. The van der Waals surface area contributed by atoms with Crippen LogP contribution in [0.25, 0.3) is 11.0 Å². The van der Waals surface area contributed by atoms with E-state index in [0.29, 0.717) is 14.6 Å². The maximum atomic E-state index is 12.8. The molecule has 0 saturated heterocycles. The maximum absolute atomic E-state index is 12.8. The molecule has 0 radical (unpaired) electrons. The van der Waals surface area contributed by atoms with Crippen LogP contribution in [0, 0.1) is 0 Å². The normalized spacial score (nSPS) is 14.5. The molecule has 130 valence electrons. The van der Waals surface area contributed by atoms with Gasteiger partial charge in [0.05, 0.1) is 0 Å². The highest BCUT2D eigenvalue weighted by Gasteiger charge is 2.21. The molecule has 0 bridgehead atoms. The Morgan fingerprint density at radius 3 is 2.64 bits per heavy atom. The second kappa shape index (κ2) is 6.45. The van der Waals surface area contributed by atoms with Crippen molar-refractivity contribution in [1.29, 1.82) is 0 Å². The summed E-state index contributed by atoms with van der Waals surface area (Å²) >= 11 is 6.62. The van der Waals surface area contributed by atoms with Crippen LogP contribution in [-0.4, -0.2) is 8.42 Å². The second-order valence-electron chi connectivity index (χ2n) is 6.10. The topological polar surface area (TPSA) is 59.3 Å². The molecule has 25 heavy (non-hydrogen) atoms. The average molecular weight is 485 g/mol. The molecule has 7 heteroatoms. The predicted octanol–water partition coefficient (Wildman–Crippen LogP) is 5.64. The van der Waals surface area contributed by atoms with E-state index in [-0.39, 0.29) is 4.90 Å². The molecular weight excluding hydrogens is 470 g/mol. The van der Waals surface area contributed by atoms with Gasteiger partial charge in [-0.2, -0.15) is 0 Å². The highest BCUT2D eigenvalue weighted by molar-refractivity contribution is 9.11. The fourth-order valence-corrected chi connectivity index (χ4v) is 5.77. The summed E-state index contributed by atoms with van der Waals surface area (Å²) in [6.07, 6.45) is 4.22. The summed E-state index contributed by atoms with van der Waals surface area (Å²) in [5.74, 6) is 1.04. The number of fused-ring (bicyclic) bond motifs is 3. The third kappa shape index (κ3) is 3.25. The van der Waals surface area contributed by atoms with E-state index in [1.54, 1.807) is 24.3 Å². The van der Waals surface area contributed by atoms with Crippen LogP contribution in [0.3, 0.4) is 0 Å². The van der Waals surface area contributed by atoms with Gasteiger partial charge in [-0.15, -0.1) is 0 Å². The summed E-state index contributed by atoms with van der Waals surface area (Å²) < 4.78 is 35.3. The summed E-state index contributed by atoms with van der Waals surface area (Å²) in [5.41, 5.74) is 2.57. The standard InChI is InChI=1S/C18H15Br2NO3S/c19-11-5-7-15(20)18(9-11)25(22,23)21-12-6-8-17-14(10-12)13-3-1-2-4-16(13)24-17/h5-10,21H,1-4H2. The number of nitrogens with one attached hydrogen (secondary N) is 1. The highest BCUT2D eigenvalue weighted by Crippen LogP contribution is 2.34. The molecule has 0 spiro atoms. The minimum atomic E-state index is -3.70. The molecule has 1 heterocycles. The van der Waals surface area contributed by atoms with Crippen molar-refractivity contribution in [2.45, 2.75) is 30.6 Å². The van der Waals surface area contributed by atoms with Crippen molar-refractivity contribution >= 4 is 58.5 Å². The predicted molar refractivity (Wildman–Crippen MR) is 106 cm³/mol. The van der Waals surface area contributed by atoms with Gasteiger partial charge >= 0.3 is 0 Å². The second-order valence-corrected chi connectivity index (χ2v) is 9.52. The summed E-state index contributed by atoms with van der Waals surface area (Å²) in [4.78, 5) is 0.191. The van der Waals surface area contributed by atoms with E-state index in [2.05, 4.69) is 36.6 Å². The summed E-state index contributed by atoms with van der Waals surface area (Å²) in [6, 6.07) is 10.5. The maximum Gasteiger partial charge on any atom is 0.263 e. The van der Waals surface area contributed by atoms with Gasteiger partial charge in [-0.05, 0) is 71.6 Å². The first kappa shape index (κ1) is 17.1. The molecule has 4 rings (SSSR count). The number of furan rings is 1. The summed E-state index contributed by atoms with van der Waals surface area (Å²) in [7, 11) is -3.70. The first-order valence-corrected chi connectivity index (χ1v) is 11.0. The molecule has 1 N–H and O–H groups in total. The Labute approximate surface area is 162 Å². The number of hydrogen-bond donors (Lipinski definition) is 1. The Hall–Kier alpha value is -1.31. The Kier molecular flexibility index (Phi) is 4.42. The molecule has 0 saturated carbocycles. The number of halogens is 2. The van der Waals surface area contributed by atoms with E-state index < -0.39 is 10.0 Å². The lowest BCUT2D eigenvalue weighted by Gasteiger charge is -2.11. The van der Waals surface area contributed by atoms with E-state index in [4.69, 9.17) is 4.42 Å². The van der Waals surface area contributed by atoms with Crippen LogP contribution in [0.1, 0.15) is 24.2 Å². The number of aryl methyl sites for hydroxylation is 2. The molecule has 1 aromatic heterocycles. The van der Waals surface area contributed by atoms with Crippen LogP contribution >= 0.6 is 31.9 Å². The molecule has 4 nitrogen and oxygen atoms in total. The third-order valence-corrected chi connectivity index (χ3v) is 7.26. The van der Waals surface area contributed by atoms with Gasteiger partial charge in [-0.3, -0.25) is 4.72 Å². The molecule has 0 unspecified atom stereocenters. The third-order valence-electron chi connectivity index (χ3n) is 4.39.